The highest BCUT2D eigenvalue weighted by molar-refractivity contribution is 5.86. The number of imidazole rings is 2. The fraction of sp³-hybridized carbons (Fsp3) is 0.138. The summed E-state index contributed by atoms with van der Waals surface area (Å²) in [4.78, 5) is 28.0. The number of anilines is 1. The Bertz CT molecular complexity index is 1770. The summed E-state index contributed by atoms with van der Waals surface area (Å²) in [5.74, 6) is 0.465. The smallest absolute Gasteiger partial charge is 0.261 e. The summed E-state index contributed by atoms with van der Waals surface area (Å²) in [6.45, 7) is 1.90. The van der Waals surface area contributed by atoms with Crippen LogP contribution in [0.4, 0.5) is 5.69 Å². The van der Waals surface area contributed by atoms with Crippen molar-refractivity contribution in [3.05, 3.63) is 107 Å². The number of hydrogen-bond acceptors (Lipinski definition) is 5. The number of hydrogen-bond donors (Lipinski definition) is 4. The molecular weight excluding hydrogens is 464 g/mol. The van der Waals surface area contributed by atoms with Crippen molar-refractivity contribution in [3.63, 3.8) is 0 Å². The molecule has 6 aromatic rings. The number of benzene rings is 3. The zero-order valence-electron chi connectivity index (χ0n) is 20.3. The molecule has 3 heterocycles. The van der Waals surface area contributed by atoms with Crippen molar-refractivity contribution in [2.24, 2.45) is 0 Å². The Morgan fingerprint density at radius 1 is 1.08 bits per heavy atom. The molecule has 0 saturated carbocycles. The second kappa shape index (κ2) is 9.40. The summed E-state index contributed by atoms with van der Waals surface area (Å²) >= 11 is 0. The van der Waals surface area contributed by atoms with E-state index >= 15 is 0 Å². The van der Waals surface area contributed by atoms with Gasteiger partial charge in [-0.15, -0.1) is 0 Å². The molecule has 0 fully saturated rings. The lowest BCUT2D eigenvalue weighted by molar-refractivity contribution is 0.274. The first-order chi connectivity index (χ1) is 18.1. The normalized spacial score (nSPS) is 12.3. The highest BCUT2D eigenvalue weighted by atomic mass is 16.3. The van der Waals surface area contributed by atoms with Crippen LogP contribution in [0.25, 0.3) is 38.9 Å². The van der Waals surface area contributed by atoms with Crippen LogP contribution >= 0.6 is 0 Å². The van der Waals surface area contributed by atoms with Crippen LogP contribution in [0.5, 0.6) is 0 Å². The van der Waals surface area contributed by atoms with E-state index < -0.39 is 0 Å². The van der Waals surface area contributed by atoms with Crippen molar-refractivity contribution in [1.29, 1.82) is 0 Å². The first-order valence-electron chi connectivity index (χ1n) is 12.1. The molecule has 1 atom stereocenters. The van der Waals surface area contributed by atoms with Crippen LogP contribution in [-0.2, 0) is 6.42 Å². The third-order valence-electron chi connectivity index (χ3n) is 6.64. The van der Waals surface area contributed by atoms with Gasteiger partial charge in [-0.2, -0.15) is 0 Å². The summed E-state index contributed by atoms with van der Waals surface area (Å²) in [5, 5.41) is 15.9. The van der Waals surface area contributed by atoms with Crippen molar-refractivity contribution in [2.45, 2.75) is 19.4 Å². The van der Waals surface area contributed by atoms with E-state index in [1.165, 1.54) is 5.39 Å². The Balaban J connectivity index is 1.34. The van der Waals surface area contributed by atoms with Crippen molar-refractivity contribution < 1.29 is 5.11 Å². The van der Waals surface area contributed by atoms with Crippen molar-refractivity contribution in [3.8, 4) is 17.1 Å². The standard InChI is InChI=1S/C29H26N6O2/c1-18-12-23(35-11-10-30-17-35)15-25-27(18)34-28(33-25)26-24(8-9-31-29(26)37)32-22(16-36)14-19-6-7-20-4-2-3-5-21(20)13-19/h2-13,15,17,22,36H,14,16H2,1H3,(H,33,34)(H2,31,32,37)/t22-/m0/s1. The Morgan fingerprint density at radius 2 is 1.95 bits per heavy atom. The molecule has 0 amide bonds. The molecule has 3 aromatic carbocycles. The molecule has 0 unspecified atom stereocenters. The van der Waals surface area contributed by atoms with Gasteiger partial charge >= 0.3 is 0 Å². The molecule has 0 aliphatic carbocycles. The minimum absolute atomic E-state index is 0.0907. The molecule has 184 valence electrons. The molecule has 4 N–H and O–H groups in total. The van der Waals surface area contributed by atoms with Crippen LogP contribution in [0.3, 0.4) is 0 Å². The Hall–Kier alpha value is -4.69. The van der Waals surface area contributed by atoms with Gasteiger partial charge < -0.3 is 25.0 Å². The number of rotatable bonds is 7. The number of H-pyrrole nitrogens is 2. The summed E-state index contributed by atoms with van der Waals surface area (Å²) in [6.07, 6.45) is 7.55. The van der Waals surface area contributed by atoms with Crippen molar-refractivity contribution >= 4 is 27.5 Å². The van der Waals surface area contributed by atoms with E-state index in [-0.39, 0.29) is 18.2 Å². The van der Waals surface area contributed by atoms with Gasteiger partial charge in [0.25, 0.3) is 5.56 Å². The maximum atomic E-state index is 13.0. The molecule has 37 heavy (non-hydrogen) atoms. The lowest BCUT2D eigenvalue weighted by atomic mass is 10.0. The van der Waals surface area contributed by atoms with Gasteiger partial charge in [-0.3, -0.25) is 4.79 Å². The van der Waals surface area contributed by atoms with Crippen LogP contribution in [0.15, 0.2) is 90.4 Å². The predicted octanol–water partition coefficient (Wildman–Crippen LogP) is 4.58. The average Bonchev–Trinajstić information content (AvgIpc) is 3.59. The summed E-state index contributed by atoms with van der Waals surface area (Å²) < 4.78 is 1.92. The number of aromatic amines is 2. The molecular formula is C29H26N6O2. The number of nitrogens with one attached hydrogen (secondary N) is 3. The minimum atomic E-state index is -0.291. The van der Waals surface area contributed by atoms with Crippen LogP contribution in [0.2, 0.25) is 0 Å². The van der Waals surface area contributed by atoms with Crippen LogP contribution in [-0.4, -0.2) is 42.3 Å². The Labute approximate surface area is 212 Å². The van der Waals surface area contributed by atoms with Crippen molar-refractivity contribution in [2.75, 3.05) is 11.9 Å². The number of pyridine rings is 1. The summed E-state index contributed by atoms with van der Waals surface area (Å²) in [7, 11) is 0. The number of aromatic nitrogens is 5. The first-order valence-corrected chi connectivity index (χ1v) is 12.1. The molecule has 8 nitrogen and oxygen atoms in total. The van der Waals surface area contributed by atoms with Gasteiger partial charge in [-0.25, -0.2) is 9.97 Å². The fourth-order valence-corrected chi connectivity index (χ4v) is 4.82. The van der Waals surface area contributed by atoms with E-state index in [1.807, 2.05) is 42.0 Å². The maximum absolute atomic E-state index is 13.0. The Morgan fingerprint density at radius 3 is 2.76 bits per heavy atom. The largest absolute Gasteiger partial charge is 0.394 e. The zero-order valence-corrected chi connectivity index (χ0v) is 20.3. The maximum Gasteiger partial charge on any atom is 0.261 e. The second-order valence-corrected chi connectivity index (χ2v) is 9.22. The average molecular weight is 491 g/mol. The van der Waals surface area contributed by atoms with E-state index in [2.05, 4.69) is 50.6 Å². The number of nitrogens with zero attached hydrogens (tertiary/aromatic N) is 3. The van der Waals surface area contributed by atoms with Gasteiger partial charge in [0.1, 0.15) is 11.4 Å². The molecule has 8 heteroatoms. The van der Waals surface area contributed by atoms with Gasteiger partial charge in [0.2, 0.25) is 0 Å². The quantitative estimate of drug-likeness (QED) is 0.262. The van der Waals surface area contributed by atoms with E-state index in [4.69, 9.17) is 4.98 Å². The fourth-order valence-electron chi connectivity index (χ4n) is 4.82. The zero-order chi connectivity index (χ0) is 25.4. The van der Waals surface area contributed by atoms with Gasteiger partial charge in [-0.05, 0) is 53.4 Å². The van der Waals surface area contributed by atoms with Crippen molar-refractivity contribution in [1.82, 2.24) is 24.5 Å². The lowest BCUT2D eigenvalue weighted by Gasteiger charge is -2.19. The van der Waals surface area contributed by atoms with E-state index in [1.54, 1.807) is 24.8 Å². The molecule has 0 radical (unpaired) electrons. The van der Waals surface area contributed by atoms with E-state index in [9.17, 15) is 9.90 Å². The summed E-state index contributed by atoms with van der Waals surface area (Å²) in [6, 6.07) is 20.0. The van der Waals surface area contributed by atoms with Crippen LogP contribution in [0.1, 0.15) is 11.1 Å². The highest BCUT2D eigenvalue weighted by Crippen LogP contribution is 2.28. The molecule has 0 aliphatic rings. The van der Waals surface area contributed by atoms with Gasteiger partial charge in [-0.1, -0.05) is 42.5 Å². The summed E-state index contributed by atoms with van der Waals surface area (Å²) in [5.41, 5.74) is 5.39. The second-order valence-electron chi connectivity index (χ2n) is 9.22. The van der Waals surface area contributed by atoms with Gasteiger partial charge in [0, 0.05) is 24.3 Å². The lowest BCUT2D eigenvalue weighted by Crippen LogP contribution is -2.28. The number of aliphatic hydroxyl groups excluding tert-OH is 1. The molecule has 0 saturated heterocycles. The number of aryl methyl sites for hydroxylation is 1. The minimum Gasteiger partial charge on any atom is -0.394 e. The van der Waals surface area contributed by atoms with Crippen LogP contribution in [0, 0.1) is 6.92 Å². The van der Waals surface area contributed by atoms with E-state index in [0.29, 0.717) is 23.5 Å². The highest BCUT2D eigenvalue weighted by Gasteiger charge is 2.18. The molecule has 3 aromatic heterocycles. The predicted molar refractivity (Wildman–Crippen MR) is 146 cm³/mol. The van der Waals surface area contributed by atoms with Crippen LogP contribution < -0.4 is 10.9 Å². The molecule has 6 rings (SSSR count). The topological polar surface area (TPSA) is 112 Å². The van der Waals surface area contributed by atoms with Gasteiger partial charge in [0.05, 0.1) is 35.7 Å². The first kappa shape index (κ1) is 22.8. The number of aliphatic hydroxyl groups is 1. The Kier molecular flexibility index (Phi) is 5.78. The molecule has 0 bridgehead atoms. The number of fused-ring (bicyclic) bond motifs is 2. The van der Waals surface area contributed by atoms with E-state index in [0.717, 1.165) is 33.2 Å². The SMILES string of the molecule is Cc1cc(-n2ccnc2)cc2[nH]c(-c3c(N[C@H](CO)Cc4ccc5ccccc5c4)cc[nH]c3=O)nc12. The molecule has 0 spiro atoms. The molecule has 0 aliphatic heterocycles. The van der Waals surface area contributed by atoms with Gasteiger partial charge in [0.15, 0.2) is 0 Å². The monoisotopic (exact) mass is 490 g/mol. The third kappa shape index (κ3) is 4.39. The third-order valence-corrected chi connectivity index (χ3v) is 6.64.